The Morgan fingerprint density at radius 2 is 2.05 bits per heavy atom. The summed E-state index contributed by atoms with van der Waals surface area (Å²) in [7, 11) is 0. The van der Waals surface area contributed by atoms with Crippen LogP contribution in [0.25, 0.3) is 0 Å². The Bertz CT molecular complexity index is 453. The van der Waals surface area contributed by atoms with Crippen molar-refractivity contribution in [2.75, 3.05) is 0 Å². The van der Waals surface area contributed by atoms with Crippen molar-refractivity contribution in [3.63, 3.8) is 0 Å². The van der Waals surface area contributed by atoms with E-state index < -0.39 is 6.10 Å². The molecular weight excluding hydrogens is 256 g/mol. The van der Waals surface area contributed by atoms with Crippen molar-refractivity contribution in [1.29, 1.82) is 0 Å². The number of aliphatic hydroxyl groups is 1. The molecule has 1 aliphatic rings. The Balaban J connectivity index is 2.30. The van der Waals surface area contributed by atoms with Crippen molar-refractivity contribution in [3.8, 4) is 0 Å². The highest BCUT2D eigenvalue weighted by molar-refractivity contribution is 6.31. The van der Waals surface area contributed by atoms with E-state index in [9.17, 15) is 5.11 Å². The number of hydrogen-bond donors (Lipinski definition) is 1. The molecular formula is C17H25ClO. The van der Waals surface area contributed by atoms with Gasteiger partial charge in [0, 0.05) is 5.02 Å². The number of aliphatic hydroxyl groups excluding tert-OH is 1. The molecule has 1 nitrogen and oxygen atoms in total. The zero-order valence-corrected chi connectivity index (χ0v) is 13.2. The Morgan fingerprint density at radius 3 is 2.63 bits per heavy atom. The number of halogens is 1. The molecule has 0 saturated heterocycles. The Morgan fingerprint density at radius 1 is 1.37 bits per heavy atom. The molecule has 0 amide bonds. The van der Waals surface area contributed by atoms with Crippen LogP contribution in [-0.2, 0) is 0 Å². The van der Waals surface area contributed by atoms with Gasteiger partial charge in [-0.15, -0.1) is 0 Å². The fraction of sp³-hybridized carbons (Fsp3) is 0.647. The van der Waals surface area contributed by atoms with Crippen molar-refractivity contribution >= 4 is 11.6 Å². The van der Waals surface area contributed by atoms with Gasteiger partial charge in [0.1, 0.15) is 0 Å². The van der Waals surface area contributed by atoms with E-state index in [-0.39, 0.29) is 5.41 Å². The monoisotopic (exact) mass is 280 g/mol. The van der Waals surface area contributed by atoms with Crippen LogP contribution in [0, 0.1) is 24.2 Å². The first-order valence-corrected chi connectivity index (χ1v) is 7.65. The van der Waals surface area contributed by atoms with Crippen LogP contribution in [0.3, 0.4) is 0 Å². The van der Waals surface area contributed by atoms with E-state index in [1.54, 1.807) is 0 Å². The van der Waals surface area contributed by atoms with Crippen LogP contribution in [0.15, 0.2) is 18.2 Å². The van der Waals surface area contributed by atoms with E-state index in [0.29, 0.717) is 11.8 Å². The molecule has 1 N–H and O–H groups in total. The van der Waals surface area contributed by atoms with Gasteiger partial charge in [-0.2, -0.15) is 0 Å². The van der Waals surface area contributed by atoms with Crippen molar-refractivity contribution in [1.82, 2.24) is 0 Å². The molecule has 19 heavy (non-hydrogen) atoms. The number of hydrogen-bond acceptors (Lipinski definition) is 1. The van der Waals surface area contributed by atoms with E-state index in [2.05, 4.69) is 20.8 Å². The second-order valence-electron chi connectivity index (χ2n) is 6.84. The molecule has 0 aliphatic heterocycles. The maximum Gasteiger partial charge on any atom is 0.0826 e. The molecule has 1 aromatic rings. The summed E-state index contributed by atoms with van der Waals surface area (Å²) in [6.45, 7) is 8.83. The molecule has 3 atom stereocenters. The molecule has 1 fully saturated rings. The van der Waals surface area contributed by atoms with Gasteiger partial charge in [0.2, 0.25) is 0 Å². The first-order valence-electron chi connectivity index (χ1n) is 7.27. The molecule has 0 unspecified atom stereocenters. The molecule has 0 aromatic heterocycles. The second-order valence-corrected chi connectivity index (χ2v) is 7.24. The van der Waals surface area contributed by atoms with Gasteiger partial charge in [0.15, 0.2) is 0 Å². The maximum atomic E-state index is 10.8. The highest BCUT2D eigenvalue weighted by Crippen LogP contribution is 2.49. The first-order chi connectivity index (χ1) is 8.83. The highest BCUT2D eigenvalue weighted by Gasteiger charge is 2.41. The van der Waals surface area contributed by atoms with E-state index in [1.807, 2.05) is 25.1 Å². The third-order valence-electron chi connectivity index (χ3n) is 4.87. The van der Waals surface area contributed by atoms with E-state index in [0.717, 1.165) is 16.1 Å². The van der Waals surface area contributed by atoms with Gasteiger partial charge in [-0.25, -0.2) is 0 Å². The normalized spacial score (nSPS) is 28.1. The lowest BCUT2D eigenvalue weighted by atomic mass is 9.61. The maximum absolute atomic E-state index is 10.8. The van der Waals surface area contributed by atoms with Crippen LogP contribution in [0.2, 0.25) is 5.02 Å². The fourth-order valence-electron chi connectivity index (χ4n) is 3.74. The molecule has 1 aromatic carbocycles. The van der Waals surface area contributed by atoms with Crippen LogP contribution in [0.4, 0.5) is 0 Å². The van der Waals surface area contributed by atoms with Gasteiger partial charge in [-0.05, 0) is 47.8 Å². The van der Waals surface area contributed by atoms with Gasteiger partial charge in [-0.1, -0.05) is 57.3 Å². The summed E-state index contributed by atoms with van der Waals surface area (Å²) in [5.41, 5.74) is 2.21. The molecule has 2 heteroatoms. The van der Waals surface area contributed by atoms with Gasteiger partial charge in [-0.3, -0.25) is 0 Å². The van der Waals surface area contributed by atoms with E-state index in [4.69, 9.17) is 11.6 Å². The minimum Gasteiger partial charge on any atom is -0.388 e. The average Bonchev–Trinajstić information content (AvgIpc) is 2.31. The fourth-order valence-corrected chi connectivity index (χ4v) is 3.92. The summed E-state index contributed by atoms with van der Waals surface area (Å²) >= 11 is 6.19. The average molecular weight is 281 g/mol. The first kappa shape index (κ1) is 14.9. The predicted octanol–water partition coefficient (Wildman–Crippen LogP) is 5.14. The van der Waals surface area contributed by atoms with Crippen molar-refractivity contribution < 1.29 is 5.11 Å². The Kier molecular flexibility index (Phi) is 4.27. The molecule has 0 radical (unpaired) electrons. The predicted molar refractivity (Wildman–Crippen MR) is 81.4 cm³/mol. The molecule has 106 valence electrons. The number of rotatable bonds is 2. The lowest BCUT2D eigenvalue weighted by Crippen LogP contribution is -2.37. The lowest BCUT2D eigenvalue weighted by molar-refractivity contribution is -0.0292. The van der Waals surface area contributed by atoms with Crippen molar-refractivity contribution in [2.45, 2.75) is 53.1 Å². The summed E-state index contributed by atoms with van der Waals surface area (Å²) in [6.07, 6.45) is 3.26. The SMILES string of the molecule is Cc1ccc([C@H](O)[C@@H]2[C@@H](C)CCCC2(C)C)cc1Cl. The summed E-state index contributed by atoms with van der Waals surface area (Å²) in [6, 6.07) is 5.95. The van der Waals surface area contributed by atoms with Crippen LogP contribution in [0.1, 0.15) is 57.3 Å². The number of aryl methyl sites for hydroxylation is 1. The summed E-state index contributed by atoms with van der Waals surface area (Å²) in [4.78, 5) is 0. The third-order valence-corrected chi connectivity index (χ3v) is 5.28. The van der Waals surface area contributed by atoms with Gasteiger partial charge in [0.25, 0.3) is 0 Å². The standard InChI is InChI=1S/C17H25ClO/c1-11-7-8-13(10-14(11)18)16(19)15-12(2)6-5-9-17(15,3)4/h7-8,10,12,15-16,19H,5-6,9H2,1-4H3/t12-,15-,16-/m0/s1. The molecule has 0 heterocycles. The molecule has 2 rings (SSSR count). The summed E-state index contributed by atoms with van der Waals surface area (Å²) < 4.78 is 0. The summed E-state index contributed by atoms with van der Waals surface area (Å²) in [5, 5.41) is 11.6. The quantitative estimate of drug-likeness (QED) is 0.795. The number of benzene rings is 1. The molecule has 1 saturated carbocycles. The minimum absolute atomic E-state index is 0.189. The van der Waals surface area contributed by atoms with Crippen LogP contribution >= 0.6 is 11.6 Å². The topological polar surface area (TPSA) is 20.2 Å². The van der Waals surface area contributed by atoms with Gasteiger partial charge >= 0.3 is 0 Å². The molecule has 1 aliphatic carbocycles. The van der Waals surface area contributed by atoms with Crippen molar-refractivity contribution in [2.24, 2.45) is 17.3 Å². The molecule has 0 bridgehead atoms. The van der Waals surface area contributed by atoms with Gasteiger partial charge < -0.3 is 5.11 Å². The van der Waals surface area contributed by atoms with Crippen LogP contribution in [0.5, 0.6) is 0 Å². The largest absolute Gasteiger partial charge is 0.388 e. The Hall–Kier alpha value is -0.530. The molecule has 0 spiro atoms. The Labute approximate surface area is 122 Å². The second kappa shape index (κ2) is 5.46. The summed E-state index contributed by atoms with van der Waals surface area (Å²) in [5.74, 6) is 0.860. The van der Waals surface area contributed by atoms with Crippen LogP contribution in [-0.4, -0.2) is 5.11 Å². The zero-order chi connectivity index (χ0) is 14.2. The van der Waals surface area contributed by atoms with E-state index >= 15 is 0 Å². The zero-order valence-electron chi connectivity index (χ0n) is 12.4. The van der Waals surface area contributed by atoms with Crippen LogP contribution < -0.4 is 0 Å². The minimum atomic E-state index is -0.414. The smallest absolute Gasteiger partial charge is 0.0826 e. The van der Waals surface area contributed by atoms with Crippen molar-refractivity contribution in [3.05, 3.63) is 34.3 Å². The van der Waals surface area contributed by atoms with Gasteiger partial charge in [0.05, 0.1) is 6.10 Å². The van der Waals surface area contributed by atoms with E-state index in [1.165, 1.54) is 19.3 Å². The lowest BCUT2D eigenvalue weighted by Gasteiger charge is -2.45. The highest BCUT2D eigenvalue weighted by atomic mass is 35.5. The third kappa shape index (κ3) is 2.98.